The van der Waals surface area contributed by atoms with E-state index in [4.69, 9.17) is 0 Å². The maximum Gasteiger partial charge on any atom is 0.0745 e. The number of β-amino-alcohol motifs (C(OH)–C–C–N with tert-alkyl or cyclic N) is 1. The molecule has 1 aliphatic carbocycles. The van der Waals surface area contributed by atoms with E-state index in [1.807, 2.05) is 30.6 Å². The molecule has 2 heterocycles. The van der Waals surface area contributed by atoms with Gasteiger partial charge in [0.1, 0.15) is 0 Å². The van der Waals surface area contributed by atoms with Crippen LogP contribution in [-0.2, 0) is 6.42 Å². The van der Waals surface area contributed by atoms with Crippen LogP contribution in [0.1, 0.15) is 17.0 Å². The van der Waals surface area contributed by atoms with Crippen molar-refractivity contribution in [2.75, 3.05) is 26.2 Å². The van der Waals surface area contributed by atoms with Crippen molar-refractivity contribution in [2.45, 2.75) is 18.4 Å². The molecule has 2 fully saturated rings. The van der Waals surface area contributed by atoms with Crippen LogP contribution in [0.4, 0.5) is 0 Å². The Morgan fingerprint density at radius 3 is 2.83 bits per heavy atom. The Labute approximate surface area is 136 Å². The molecule has 1 spiro atoms. The van der Waals surface area contributed by atoms with E-state index in [0.717, 1.165) is 19.5 Å². The number of hydrogen-bond acceptors (Lipinski definition) is 4. The Hall–Kier alpha value is -1.69. The fourth-order valence-electron chi connectivity index (χ4n) is 4.53. The van der Waals surface area contributed by atoms with E-state index in [2.05, 4.69) is 27.2 Å². The monoisotopic (exact) mass is 313 g/mol. The molecule has 2 aromatic rings. The lowest BCUT2D eigenvalue weighted by molar-refractivity contribution is 0.111. The minimum atomic E-state index is -0.366. The van der Waals surface area contributed by atoms with Crippen LogP contribution in [0.5, 0.6) is 0 Å². The Kier molecular flexibility index (Phi) is 3.71. The maximum absolute atomic E-state index is 10.7. The number of benzene rings is 1. The lowest BCUT2D eigenvalue weighted by Gasteiger charge is -2.16. The fourth-order valence-corrected chi connectivity index (χ4v) is 4.53. The fraction of sp³-hybridized carbons (Fsp3) is 0.500. The van der Waals surface area contributed by atoms with Crippen molar-refractivity contribution >= 4 is 0 Å². The molecular weight excluding hydrogens is 290 g/mol. The third kappa shape index (κ3) is 2.40. The molecule has 1 aromatic carbocycles. The second-order valence-electron chi connectivity index (χ2n) is 6.90. The molecular formula is C18H23N3O2. The summed E-state index contributed by atoms with van der Waals surface area (Å²) in [6, 6.07) is 10.3. The Morgan fingerprint density at radius 1 is 1.30 bits per heavy atom. The van der Waals surface area contributed by atoms with E-state index in [0.29, 0.717) is 6.54 Å². The molecule has 1 aromatic heterocycles. The van der Waals surface area contributed by atoms with Crippen LogP contribution < -0.4 is 0 Å². The topological polar surface area (TPSA) is 72.4 Å². The smallest absolute Gasteiger partial charge is 0.0745 e. The summed E-state index contributed by atoms with van der Waals surface area (Å²) in [6.45, 7) is 2.61. The number of aliphatic hydroxyl groups is 2. The van der Waals surface area contributed by atoms with Gasteiger partial charge in [0.15, 0.2) is 0 Å². The number of nitrogens with zero attached hydrogens (tertiary/aromatic N) is 2. The second-order valence-corrected chi connectivity index (χ2v) is 6.90. The molecule has 122 valence electrons. The van der Waals surface area contributed by atoms with Crippen molar-refractivity contribution in [2.24, 2.45) is 11.3 Å². The van der Waals surface area contributed by atoms with Gasteiger partial charge in [-0.05, 0) is 29.4 Å². The number of H-pyrrole nitrogens is 1. The summed E-state index contributed by atoms with van der Waals surface area (Å²) in [6.07, 6.45) is 4.33. The molecule has 1 saturated heterocycles. The Balaban J connectivity index is 1.48. The molecule has 0 bridgehead atoms. The maximum atomic E-state index is 10.7. The zero-order valence-corrected chi connectivity index (χ0v) is 13.1. The number of nitrogens with one attached hydrogen (secondary N) is 1. The number of hydrogen-bond donors (Lipinski definition) is 3. The normalized spacial score (nSPS) is 33.4. The predicted octanol–water partition coefficient (Wildman–Crippen LogP) is 1.02. The first-order valence-corrected chi connectivity index (χ1v) is 8.29. The molecule has 0 radical (unpaired) electrons. The summed E-state index contributed by atoms with van der Waals surface area (Å²) in [5.41, 5.74) is 2.25. The summed E-state index contributed by atoms with van der Waals surface area (Å²) < 4.78 is 0. The molecule has 5 heteroatoms. The summed E-state index contributed by atoms with van der Waals surface area (Å²) in [4.78, 5) is 2.32. The highest BCUT2D eigenvalue weighted by atomic mass is 16.3. The highest BCUT2D eigenvalue weighted by molar-refractivity contribution is 5.36. The summed E-state index contributed by atoms with van der Waals surface area (Å²) in [7, 11) is 0. The minimum absolute atomic E-state index is 0.145. The van der Waals surface area contributed by atoms with Gasteiger partial charge in [0.2, 0.25) is 0 Å². The molecule has 0 amide bonds. The summed E-state index contributed by atoms with van der Waals surface area (Å²) >= 11 is 0. The Morgan fingerprint density at radius 2 is 2.13 bits per heavy atom. The van der Waals surface area contributed by atoms with Gasteiger partial charge in [-0.1, -0.05) is 30.3 Å². The van der Waals surface area contributed by atoms with Crippen LogP contribution >= 0.6 is 0 Å². The van der Waals surface area contributed by atoms with Crippen LogP contribution in [0.3, 0.4) is 0 Å². The largest absolute Gasteiger partial charge is 0.396 e. The van der Waals surface area contributed by atoms with Gasteiger partial charge in [0, 0.05) is 37.9 Å². The Bertz CT molecular complexity index is 646. The predicted molar refractivity (Wildman–Crippen MR) is 86.9 cm³/mol. The van der Waals surface area contributed by atoms with Crippen molar-refractivity contribution in [1.29, 1.82) is 0 Å². The van der Waals surface area contributed by atoms with Gasteiger partial charge < -0.3 is 10.2 Å². The van der Waals surface area contributed by atoms with Gasteiger partial charge >= 0.3 is 0 Å². The van der Waals surface area contributed by atoms with E-state index < -0.39 is 0 Å². The van der Waals surface area contributed by atoms with Gasteiger partial charge in [0.25, 0.3) is 0 Å². The lowest BCUT2D eigenvalue weighted by Crippen LogP contribution is -2.24. The standard InChI is InChI=1S/C18H23N3O2/c22-11-15-17(14-4-2-1-3-5-14)18(15)12-21(10-16(18)23)7-6-13-8-19-20-9-13/h1-5,8-9,15-17,22-23H,6-7,10-12H2,(H,19,20)/t15-,16+,17-,18-/m1/s1. The number of rotatable bonds is 5. The van der Waals surface area contributed by atoms with Crippen molar-refractivity contribution in [3.8, 4) is 0 Å². The van der Waals surface area contributed by atoms with E-state index in [-0.39, 0.29) is 30.0 Å². The third-order valence-corrected chi connectivity index (χ3v) is 5.74. The van der Waals surface area contributed by atoms with Gasteiger partial charge in [-0.15, -0.1) is 0 Å². The van der Waals surface area contributed by atoms with Crippen molar-refractivity contribution in [3.05, 3.63) is 53.9 Å². The molecule has 1 aliphatic heterocycles. The molecule has 5 nitrogen and oxygen atoms in total. The number of aromatic amines is 1. The quantitative estimate of drug-likeness (QED) is 0.771. The van der Waals surface area contributed by atoms with Crippen LogP contribution in [0.15, 0.2) is 42.7 Å². The number of aromatic nitrogens is 2. The van der Waals surface area contributed by atoms with Crippen LogP contribution in [0.25, 0.3) is 0 Å². The molecule has 3 N–H and O–H groups in total. The zero-order chi connectivity index (χ0) is 15.9. The SMILES string of the molecule is OC[C@@H]1[C@@H](c2ccccc2)[C@]12CN(CCc1cn[nH]c1)C[C@@H]2O. The number of likely N-dealkylation sites (tertiary alicyclic amines) is 1. The lowest BCUT2D eigenvalue weighted by atomic mass is 9.95. The first kappa shape index (κ1) is 14.9. The first-order chi connectivity index (χ1) is 11.3. The van der Waals surface area contributed by atoms with E-state index in [1.165, 1.54) is 11.1 Å². The van der Waals surface area contributed by atoms with Gasteiger partial charge in [0.05, 0.1) is 12.3 Å². The van der Waals surface area contributed by atoms with E-state index in [9.17, 15) is 10.2 Å². The average Bonchev–Trinajstić information content (AvgIpc) is 2.88. The van der Waals surface area contributed by atoms with E-state index in [1.54, 1.807) is 0 Å². The van der Waals surface area contributed by atoms with Crippen molar-refractivity contribution in [3.63, 3.8) is 0 Å². The average molecular weight is 313 g/mol. The zero-order valence-electron chi connectivity index (χ0n) is 13.1. The van der Waals surface area contributed by atoms with Crippen LogP contribution in [0, 0.1) is 11.3 Å². The minimum Gasteiger partial charge on any atom is -0.396 e. The van der Waals surface area contributed by atoms with Gasteiger partial charge in [-0.3, -0.25) is 10.00 Å². The molecule has 2 aliphatic rings. The van der Waals surface area contributed by atoms with Gasteiger partial charge in [-0.2, -0.15) is 5.10 Å². The van der Waals surface area contributed by atoms with Crippen molar-refractivity contribution in [1.82, 2.24) is 15.1 Å². The van der Waals surface area contributed by atoms with E-state index >= 15 is 0 Å². The summed E-state index contributed by atoms with van der Waals surface area (Å²) in [5.74, 6) is 0.432. The summed E-state index contributed by atoms with van der Waals surface area (Å²) in [5, 5.41) is 27.3. The highest BCUT2D eigenvalue weighted by Crippen LogP contribution is 2.68. The molecule has 0 unspecified atom stereocenters. The molecule has 23 heavy (non-hydrogen) atoms. The van der Waals surface area contributed by atoms with Crippen LogP contribution in [0.2, 0.25) is 0 Å². The number of aliphatic hydroxyl groups excluding tert-OH is 2. The first-order valence-electron chi connectivity index (χ1n) is 8.29. The molecule has 4 rings (SSSR count). The molecule has 1 saturated carbocycles. The van der Waals surface area contributed by atoms with Crippen LogP contribution in [-0.4, -0.2) is 57.7 Å². The van der Waals surface area contributed by atoms with Gasteiger partial charge in [-0.25, -0.2) is 0 Å². The second kappa shape index (κ2) is 5.74. The van der Waals surface area contributed by atoms with Crippen molar-refractivity contribution < 1.29 is 10.2 Å². The third-order valence-electron chi connectivity index (χ3n) is 5.74. The highest BCUT2D eigenvalue weighted by Gasteiger charge is 2.70. The molecule has 4 atom stereocenters.